The highest BCUT2D eigenvalue weighted by atomic mass is 16.6. The molecule has 6 nitrogen and oxygen atoms in total. The highest BCUT2D eigenvalue weighted by molar-refractivity contribution is 5.89. The monoisotopic (exact) mass is 335 g/mol. The molecule has 0 amide bonds. The average molecular weight is 335 g/mol. The van der Waals surface area contributed by atoms with Gasteiger partial charge in [-0.3, -0.25) is 4.79 Å². The van der Waals surface area contributed by atoms with Crippen LogP contribution in [0, 0.1) is 5.92 Å². The number of hydrogen-bond donors (Lipinski definition) is 1. The number of ether oxygens (including phenoxy) is 3. The first-order valence-corrected chi connectivity index (χ1v) is 8.32. The van der Waals surface area contributed by atoms with E-state index >= 15 is 0 Å². The molecule has 132 valence electrons. The number of carbonyl (C=O) groups is 2. The van der Waals surface area contributed by atoms with Gasteiger partial charge in [0.15, 0.2) is 0 Å². The third kappa shape index (κ3) is 4.79. The van der Waals surface area contributed by atoms with Crippen LogP contribution in [0.2, 0.25) is 0 Å². The maximum Gasteiger partial charge on any atom is 0.338 e. The van der Waals surface area contributed by atoms with E-state index in [1.54, 1.807) is 31.2 Å². The SMILES string of the molecule is CC[C@H]1CCOC[C@H](N)C(=O)O[C@@H](C)[C@@H]1OC(=O)c1ccccc1. The third-order valence-corrected chi connectivity index (χ3v) is 4.24. The Balaban J connectivity index is 2.16. The molecule has 1 aliphatic rings. The van der Waals surface area contributed by atoms with Crippen molar-refractivity contribution in [1.82, 2.24) is 0 Å². The molecule has 6 heteroatoms. The fourth-order valence-electron chi connectivity index (χ4n) is 2.79. The van der Waals surface area contributed by atoms with Crippen LogP contribution in [0.15, 0.2) is 30.3 Å². The van der Waals surface area contributed by atoms with Crippen LogP contribution >= 0.6 is 0 Å². The van der Waals surface area contributed by atoms with Crippen molar-refractivity contribution in [2.45, 2.75) is 44.9 Å². The van der Waals surface area contributed by atoms with E-state index in [1.165, 1.54) is 0 Å². The zero-order chi connectivity index (χ0) is 17.5. The summed E-state index contributed by atoms with van der Waals surface area (Å²) in [5.74, 6) is -0.931. The highest BCUT2D eigenvalue weighted by Gasteiger charge is 2.34. The lowest BCUT2D eigenvalue weighted by atomic mass is 9.92. The summed E-state index contributed by atoms with van der Waals surface area (Å²) in [6.07, 6.45) is 0.377. The summed E-state index contributed by atoms with van der Waals surface area (Å²) in [5, 5.41) is 0. The predicted molar refractivity (Wildman–Crippen MR) is 88.4 cm³/mol. The maximum absolute atomic E-state index is 12.4. The van der Waals surface area contributed by atoms with Gasteiger partial charge >= 0.3 is 11.9 Å². The second-order valence-corrected chi connectivity index (χ2v) is 6.02. The Morgan fingerprint density at radius 3 is 2.71 bits per heavy atom. The van der Waals surface area contributed by atoms with E-state index in [0.717, 1.165) is 6.42 Å². The lowest BCUT2D eigenvalue weighted by Gasteiger charge is -2.32. The van der Waals surface area contributed by atoms with Crippen LogP contribution in [-0.2, 0) is 19.0 Å². The molecule has 0 aliphatic carbocycles. The van der Waals surface area contributed by atoms with Crippen molar-refractivity contribution >= 4 is 11.9 Å². The Kier molecular flexibility index (Phi) is 6.75. The molecule has 24 heavy (non-hydrogen) atoms. The third-order valence-electron chi connectivity index (χ3n) is 4.24. The predicted octanol–water partition coefficient (Wildman–Crippen LogP) is 1.92. The molecule has 0 spiro atoms. The average Bonchev–Trinajstić information content (AvgIpc) is 2.59. The van der Waals surface area contributed by atoms with Crippen molar-refractivity contribution in [1.29, 1.82) is 0 Å². The van der Waals surface area contributed by atoms with Gasteiger partial charge in [0.05, 0.1) is 12.2 Å². The van der Waals surface area contributed by atoms with Crippen LogP contribution in [0.5, 0.6) is 0 Å². The molecule has 1 aromatic rings. The minimum atomic E-state index is -0.823. The minimum absolute atomic E-state index is 0.0368. The van der Waals surface area contributed by atoms with E-state index in [9.17, 15) is 9.59 Å². The second-order valence-electron chi connectivity index (χ2n) is 6.02. The molecule has 0 saturated carbocycles. The molecule has 1 saturated heterocycles. The summed E-state index contributed by atoms with van der Waals surface area (Å²) in [7, 11) is 0. The molecule has 0 bridgehead atoms. The normalized spacial score (nSPS) is 28.7. The number of rotatable bonds is 3. The Hall–Kier alpha value is -1.92. The van der Waals surface area contributed by atoms with Crippen molar-refractivity contribution in [3.05, 3.63) is 35.9 Å². The molecule has 2 rings (SSSR count). The van der Waals surface area contributed by atoms with E-state index in [0.29, 0.717) is 18.6 Å². The zero-order valence-corrected chi connectivity index (χ0v) is 14.1. The quantitative estimate of drug-likeness (QED) is 0.849. The summed E-state index contributed by atoms with van der Waals surface area (Å²) in [6, 6.07) is 7.95. The standard InChI is InChI=1S/C18H25NO5/c1-3-13-9-10-22-11-15(19)18(21)23-12(2)16(13)24-17(20)14-7-5-4-6-8-14/h4-8,12-13,15-16H,3,9-11,19H2,1-2H3/t12-,13-,15-,16-/m0/s1. The van der Waals surface area contributed by atoms with Gasteiger partial charge in [0.25, 0.3) is 0 Å². The van der Waals surface area contributed by atoms with Gasteiger partial charge in [-0.1, -0.05) is 25.1 Å². The van der Waals surface area contributed by atoms with Gasteiger partial charge in [0.1, 0.15) is 18.2 Å². The number of esters is 2. The van der Waals surface area contributed by atoms with Gasteiger partial charge in [-0.15, -0.1) is 0 Å². The second kappa shape index (κ2) is 8.80. The summed E-state index contributed by atoms with van der Waals surface area (Å²) >= 11 is 0. The van der Waals surface area contributed by atoms with Crippen molar-refractivity contribution < 1.29 is 23.8 Å². The number of nitrogens with two attached hydrogens (primary N) is 1. The van der Waals surface area contributed by atoms with E-state index in [2.05, 4.69) is 0 Å². The fourth-order valence-corrected chi connectivity index (χ4v) is 2.79. The van der Waals surface area contributed by atoms with Gasteiger partial charge in [0, 0.05) is 12.5 Å². The summed E-state index contributed by atoms with van der Waals surface area (Å²) in [4.78, 5) is 24.4. The summed E-state index contributed by atoms with van der Waals surface area (Å²) in [6.45, 7) is 4.35. The molecule has 4 atom stereocenters. The van der Waals surface area contributed by atoms with Gasteiger partial charge in [-0.05, 0) is 31.9 Å². The molecule has 1 aromatic carbocycles. The first-order chi connectivity index (χ1) is 11.5. The number of carbonyl (C=O) groups excluding carboxylic acids is 2. The van der Waals surface area contributed by atoms with Crippen LogP contribution < -0.4 is 5.73 Å². The first-order valence-electron chi connectivity index (χ1n) is 8.32. The molecular weight excluding hydrogens is 310 g/mol. The van der Waals surface area contributed by atoms with E-state index < -0.39 is 30.2 Å². The molecule has 0 radical (unpaired) electrons. The van der Waals surface area contributed by atoms with Crippen molar-refractivity contribution in [3.63, 3.8) is 0 Å². The maximum atomic E-state index is 12.4. The first kappa shape index (κ1) is 18.4. The van der Waals surface area contributed by atoms with Crippen molar-refractivity contribution in [2.24, 2.45) is 11.7 Å². The van der Waals surface area contributed by atoms with Gasteiger partial charge in [-0.25, -0.2) is 4.79 Å². The molecule has 2 N–H and O–H groups in total. The van der Waals surface area contributed by atoms with Gasteiger partial charge < -0.3 is 19.9 Å². The van der Waals surface area contributed by atoms with Crippen LogP contribution in [-0.4, -0.2) is 43.4 Å². The topological polar surface area (TPSA) is 87.8 Å². The van der Waals surface area contributed by atoms with Crippen molar-refractivity contribution in [2.75, 3.05) is 13.2 Å². The lowest BCUT2D eigenvalue weighted by Crippen LogP contribution is -2.45. The Morgan fingerprint density at radius 2 is 2.04 bits per heavy atom. The number of benzene rings is 1. The molecular formula is C18H25NO5. The van der Waals surface area contributed by atoms with E-state index in [4.69, 9.17) is 19.9 Å². The molecule has 1 fully saturated rings. The zero-order valence-electron chi connectivity index (χ0n) is 14.1. The van der Waals surface area contributed by atoms with Crippen LogP contribution in [0.3, 0.4) is 0 Å². The van der Waals surface area contributed by atoms with Gasteiger partial charge in [-0.2, -0.15) is 0 Å². The Bertz CT molecular complexity index is 548. The van der Waals surface area contributed by atoms with Crippen LogP contribution in [0.4, 0.5) is 0 Å². The lowest BCUT2D eigenvalue weighted by molar-refractivity contribution is -0.161. The van der Waals surface area contributed by atoms with Gasteiger partial charge in [0.2, 0.25) is 0 Å². The summed E-state index contributed by atoms with van der Waals surface area (Å²) < 4.78 is 16.5. The molecule has 1 heterocycles. The van der Waals surface area contributed by atoms with E-state index in [-0.39, 0.29) is 12.5 Å². The molecule has 1 aliphatic heterocycles. The number of cyclic esters (lactones) is 1. The fraction of sp³-hybridized carbons (Fsp3) is 0.556. The van der Waals surface area contributed by atoms with Crippen molar-refractivity contribution in [3.8, 4) is 0 Å². The molecule has 0 unspecified atom stereocenters. The summed E-state index contributed by atoms with van der Waals surface area (Å²) in [5.41, 5.74) is 6.20. The largest absolute Gasteiger partial charge is 0.457 e. The number of hydrogen-bond acceptors (Lipinski definition) is 6. The smallest absolute Gasteiger partial charge is 0.338 e. The van der Waals surface area contributed by atoms with Crippen LogP contribution in [0.25, 0.3) is 0 Å². The highest BCUT2D eigenvalue weighted by Crippen LogP contribution is 2.24. The molecule has 0 aromatic heterocycles. The Labute approximate surface area is 142 Å². The Morgan fingerprint density at radius 1 is 1.33 bits per heavy atom. The van der Waals surface area contributed by atoms with Crippen LogP contribution in [0.1, 0.15) is 37.0 Å². The van der Waals surface area contributed by atoms with E-state index in [1.807, 2.05) is 13.0 Å². The minimum Gasteiger partial charge on any atom is -0.457 e.